The number of nitrogens with one attached hydrogen (secondary N) is 2. The fraction of sp³-hybridized carbons (Fsp3) is 0.405. The maximum absolute atomic E-state index is 14.2. The highest BCUT2D eigenvalue weighted by Gasteiger charge is 2.39. The number of hydrogen-bond donors (Lipinski definition) is 2. The van der Waals surface area contributed by atoms with Gasteiger partial charge in [0.1, 0.15) is 17.7 Å². The second kappa shape index (κ2) is 15.1. The first-order valence-corrected chi connectivity index (χ1v) is 16.6. The van der Waals surface area contributed by atoms with Gasteiger partial charge in [-0.15, -0.1) is 0 Å². The number of rotatable bonds is 7. The molecule has 4 amide bonds. The number of carbonyl (C=O) groups is 4. The molecule has 48 heavy (non-hydrogen) atoms. The van der Waals surface area contributed by atoms with Gasteiger partial charge in [0, 0.05) is 36.6 Å². The number of para-hydroxylation sites is 1. The predicted molar refractivity (Wildman–Crippen MR) is 184 cm³/mol. The molecular weight excluding hydrogens is 632 g/mol. The number of nitrogens with zero attached hydrogens (tertiary/aromatic N) is 2. The van der Waals surface area contributed by atoms with Crippen LogP contribution in [0.3, 0.4) is 0 Å². The minimum atomic E-state index is -0.874. The summed E-state index contributed by atoms with van der Waals surface area (Å²) in [5.41, 5.74) is 3.69. The van der Waals surface area contributed by atoms with Crippen LogP contribution >= 0.6 is 11.6 Å². The Morgan fingerprint density at radius 2 is 1.56 bits per heavy atom. The second-order valence-corrected chi connectivity index (χ2v) is 13.7. The van der Waals surface area contributed by atoms with Gasteiger partial charge in [0.15, 0.2) is 0 Å². The molecule has 0 aliphatic carbocycles. The van der Waals surface area contributed by atoms with E-state index < -0.39 is 35.8 Å². The number of anilines is 1. The van der Waals surface area contributed by atoms with Crippen molar-refractivity contribution in [3.05, 3.63) is 100 Å². The van der Waals surface area contributed by atoms with Crippen molar-refractivity contribution < 1.29 is 28.7 Å². The Kier molecular flexibility index (Phi) is 10.9. The number of benzene rings is 3. The minimum Gasteiger partial charge on any atom is -0.453 e. The molecule has 0 radical (unpaired) electrons. The van der Waals surface area contributed by atoms with Crippen molar-refractivity contribution in [2.45, 2.75) is 76.6 Å². The minimum absolute atomic E-state index is 0.122. The molecule has 2 heterocycles. The summed E-state index contributed by atoms with van der Waals surface area (Å²) in [5.74, 6) is -0.491. The second-order valence-electron chi connectivity index (χ2n) is 13.3. The van der Waals surface area contributed by atoms with Crippen LogP contribution in [-0.2, 0) is 38.4 Å². The third-order valence-electron chi connectivity index (χ3n) is 8.78. The van der Waals surface area contributed by atoms with Crippen LogP contribution in [0.25, 0.3) is 0 Å². The summed E-state index contributed by atoms with van der Waals surface area (Å²) in [7, 11) is 1.32. The summed E-state index contributed by atoms with van der Waals surface area (Å²) in [5, 5.41) is 6.39. The Morgan fingerprint density at radius 1 is 0.917 bits per heavy atom. The Labute approximate surface area is 286 Å². The lowest BCUT2D eigenvalue weighted by Crippen LogP contribution is -2.58. The monoisotopic (exact) mass is 674 g/mol. The molecule has 3 aromatic carbocycles. The molecule has 0 unspecified atom stereocenters. The predicted octanol–water partition coefficient (Wildman–Crippen LogP) is 6.31. The number of ether oxygens (including phenoxy) is 2. The van der Waals surface area contributed by atoms with Crippen molar-refractivity contribution in [1.82, 2.24) is 15.1 Å². The molecule has 0 spiro atoms. The molecule has 0 saturated carbocycles. The molecule has 10 nitrogen and oxygen atoms in total. The van der Waals surface area contributed by atoms with Crippen LogP contribution in [0.5, 0.6) is 0 Å². The summed E-state index contributed by atoms with van der Waals surface area (Å²) in [6, 6.07) is 20.8. The van der Waals surface area contributed by atoms with E-state index in [1.54, 1.807) is 37.8 Å². The van der Waals surface area contributed by atoms with Gasteiger partial charge in [0.2, 0.25) is 11.8 Å². The van der Waals surface area contributed by atoms with Gasteiger partial charge in [-0.1, -0.05) is 66.2 Å². The van der Waals surface area contributed by atoms with Crippen LogP contribution in [0, 0.1) is 0 Å². The van der Waals surface area contributed by atoms with Gasteiger partial charge < -0.3 is 19.7 Å². The van der Waals surface area contributed by atoms with Gasteiger partial charge in [-0.05, 0) is 80.0 Å². The number of likely N-dealkylation sites (tertiary alicyclic amines) is 1. The van der Waals surface area contributed by atoms with Crippen LogP contribution in [-0.4, -0.2) is 71.7 Å². The van der Waals surface area contributed by atoms with E-state index in [1.165, 1.54) is 12.0 Å². The largest absolute Gasteiger partial charge is 0.453 e. The quantitative estimate of drug-likeness (QED) is 0.303. The number of fused-ring (bicyclic) bond motifs is 1. The van der Waals surface area contributed by atoms with E-state index in [4.69, 9.17) is 21.1 Å². The molecule has 2 atom stereocenters. The van der Waals surface area contributed by atoms with Crippen molar-refractivity contribution in [1.29, 1.82) is 0 Å². The fourth-order valence-electron chi connectivity index (χ4n) is 6.35. The summed E-state index contributed by atoms with van der Waals surface area (Å²) in [6.45, 7) is 6.54. The molecule has 1 fully saturated rings. The van der Waals surface area contributed by atoms with Gasteiger partial charge in [0.25, 0.3) is 0 Å². The van der Waals surface area contributed by atoms with Crippen LogP contribution in [0.2, 0.25) is 5.02 Å². The Morgan fingerprint density at radius 3 is 2.23 bits per heavy atom. The average Bonchev–Trinajstić information content (AvgIpc) is 3.07. The SMILES string of the molecule is COC(=O)Nc1ccccc1C1CCN(C(=O)[C@@H](Cc2ccc(Cl)cc2)NC(=O)[C@@H]2Cc3ccccc3CN2C(=O)OC(C)(C)C)CC1. The molecule has 0 bridgehead atoms. The van der Waals surface area contributed by atoms with Crippen LogP contribution < -0.4 is 10.6 Å². The topological polar surface area (TPSA) is 117 Å². The highest BCUT2D eigenvalue weighted by atomic mass is 35.5. The summed E-state index contributed by atoms with van der Waals surface area (Å²) < 4.78 is 10.5. The zero-order valence-electron chi connectivity index (χ0n) is 27.8. The van der Waals surface area contributed by atoms with Gasteiger partial charge in [-0.2, -0.15) is 0 Å². The first-order valence-electron chi connectivity index (χ1n) is 16.3. The van der Waals surface area contributed by atoms with E-state index in [9.17, 15) is 19.2 Å². The Balaban J connectivity index is 1.35. The van der Waals surface area contributed by atoms with E-state index in [0.29, 0.717) is 43.1 Å². The lowest BCUT2D eigenvalue weighted by Gasteiger charge is -2.38. The number of halogens is 1. The van der Waals surface area contributed by atoms with E-state index >= 15 is 0 Å². The molecule has 2 aliphatic rings. The smallest absolute Gasteiger partial charge is 0.411 e. The van der Waals surface area contributed by atoms with E-state index in [2.05, 4.69) is 10.6 Å². The molecule has 0 aromatic heterocycles. The van der Waals surface area contributed by atoms with Crippen LogP contribution in [0.15, 0.2) is 72.8 Å². The summed E-state index contributed by atoms with van der Waals surface area (Å²) in [4.78, 5) is 56.9. The molecule has 254 valence electrons. The number of piperidine rings is 1. The molecule has 1 saturated heterocycles. The lowest BCUT2D eigenvalue weighted by molar-refractivity contribution is -0.138. The zero-order chi connectivity index (χ0) is 34.4. The first-order chi connectivity index (χ1) is 22.9. The number of carbonyl (C=O) groups excluding carboxylic acids is 4. The Bertz CT molecular complexity index is 1630. The van der Waals surface area contributed by atoms with Crippen molar-refractivity contribution in [3.8, 4) is 0 Å². The van der Waals surface area contributed by atoms with Crippen molar-refractivity contribution >= 4 is 41.3 Å². The number of methoxy groups -OCH3 is 1. The normalized spacial score (nSPS) is 17.1. The van der Waals surface area contributed by atoms with Gasteiger partial charge in [0.05, 0.1) is 13.7 Å². The highest BCUT2D eigenvalue weighted by Crippen LogP contribution is 2.33. The van der Waals surface area contributed by atoms with E-state index in [-0.39, 0.29) is 24.8 Å². The maximum Gasteiger partial charge on any atom is 0.411 e. The van der Waals surface area contributed by atoms with Gasteiger partial charge >= 0.3 is 12.2 Å². The summed E-state index contributed by atoms with van der Waals surface area (Å²) in [6.07, 6.45) is 0.791. The highest BCUT2D eigenvalue weighted by molar-refractivity contribution is 6.30. The molecule has 2 N–H and O–H groups in total. The standard InChI is InChI=1S/C37H43ClN4O6/c1-37(2,3)48-36(46)42-23-27-10-6-5-9-26(27)22-32(42)33(43)39-31(21-24-13-15-28(38)16-14-24)34(44)41-19-17-25(18-20-41)29-11-7-8-12-30(29)40-35(45)47-4/h5-16,25,31-32H,17-23H2,1-4H3,(H,39,43)(H,40,45)/t31-,32+/m1/s1. The summed E-state index contributed by atoms with van der Waals surface area (Å²) >= 11 is 6.14. The first kappa shape index (κ1) is 34.8. The van der Waals surface area contributed by atoms with Crippen LogP contribution in [0.4, 0.5) is 15.3 Å². The van der Waals surface area contributed by atoms with Crippen molar-refractivity contribution in [2.24, 2.45) is 0 Å². The number of amides is 4. The van der Waals surface area contributed by atoms with Crippen LogP contribution in [0.1, 0.15) is 61.8 Å². The lowest BCUT2D eigenvalue weighted by atomic mass is 9.88. The van der Waals surface area contributed by atoms with E-state index in [1.807, 2.05) is 60.7 Å². The number of hydrogen-bond acceptors (Lipinski definition) is 6. The Hall–Kier alpha value is -4.57. The van der Waals surface area contributed by atoms with Crippen molar-refractivity contribution in [3.63, 3.8) is 0 Å². The van der Waals surface area contributed by atoms with Gasteiger partial charge in [-0.3, -0.25) is 19.8 Å². The van der Waals surface area contributed by atoms with Gasteiger partial charge in [-0.25, -0.2) is 9.59 Å². The maximum atomic E-state index is 14.2. The fourth-order valence-corrected chi connectivity index (χ4v) is 6.48. The molecule has 5 rings (SSSR count). The van der Waals surface area contributed by atoms with Crippen molar-refractivity contribution in [2.75, 3.05) is 25.5 Å². The molecular formula is C37H43ClN4O6. The third kappa shape index (κ3) is 8.66. The average molecular weight is 675 g/mol. The molecule has 11 heteroatoms. The molecule has 2 aliphatic heterocycles. The zero-order valence-corrected chi connectivity index (χ0v) is 28.6. The third-order valence-corrected chi connectivity index (χ3v) is 9.03. The van der Waals surface area contributed by atoms with E-state index in [0.717, 1.165) is 22.3 Å². The molecule has 3 aromatic rings.